The van der Waals surface area contributed by atoms with E-state index in [4.69, 9.17) is 0 Å². The molecule has 278 valence electrons. The van der Waals surface area contributed by atoms with Crippen LogP contribution < -0.4 is 9.80 Å². The molecular formula is C58H36N2. The molecule has 0 aromatic heterocycles. The first-order valence-corrected chi connectivity index (χ1v) is 20.8. The molecule has 2 aliphatic rings. The summed E-state index contributed by atoms with van der Waals surface area (Å²) < 4.78 is 0. The summed E-state index contributed by atoms with van der Waals surface area (Å²) >= 11 is 0. The molecule has 0 amide bonds. The van der Waals surface area contributed by atoms with Crippen molar-refractivity contribution in [1.82, 2.24) is 0 Å². The molecule has 60 heavy (non-hydrogen) atoms. The number of benzene rings is 11. The van der Waals surface area contributed by atoms with Gasteiger partial charge in [-0.15, -0.1) is 0 Å². The van der Waals surface area contributed by atoms with Crippen LogP contribution in [0.3, 0.4) is 0 Å². The molecule has 0 radical (unpaired) electrons. The minimum absolute atomic E-state index is 1.15. The van der Waals surface area contributed by atoms with Gasteiger partial charge in [0, 0.05) is 33.6 Å². The zero-order valence-corrected chi connectivity index (χ0v) is 32.7. The van der Waals surface area contributed by atoms with Crippen LogP contribution >= 0.6 is 0 Å². The maximum atomic E-state index is 2.44. The Labute approximate surface area is 348 Å². The van der Waals surface area contributed by atoms with Gasteiger partial charge >= 0.3 is 0 Å². The Kier molecular flexibility index (Phi) is 7.05. The Morgan fingerprint density at radius 1 is 0.200 bits per heavy atom. The van der Waals surface area contributed by atoms with Crippen LogP contribution in [0.25, 0.3) is 87.6 Å². The van der Waals surface area contributed by atoms with Crippen LogP contribution in [0.4, 0.5) is 34.1 Å². The fraction of sp³-hybridized carbons (Fsp3) is 0. The normalized spacial score (nSPS) is 12.6. The van der Waals surface area contributed by atoms with Crippen molar-refractivity contribution in [1.29, 1.82) is 0 Å². The predicted octanol–water partition coefficient (Wildman–Crippen LogP) is 16.5. The van der Waals surface area contributed by atoms with Crippen molar-refractivity contribution in [2.45, 2.75) is 0 Å². The summed E-state index contributed by atoms with van der Waals surface area (Å²) in [5.41, 5.74) is 17.0. The molecule has 13 rings (SSSR count). The highest BCUT2D eigenvalue weighted by Crippen LogP contribution is 2.53. The molecule has 11 aromatic rings. The van der Waals surface area contributed by atoms with Crippen molar-refractivity contribution in [3.8, 4) is 44.5 Å². The van der Waals surface area contributed by atoms with E-state index in [0.29, 0.717) is 0 Å². The van der Waals surface area contributed by atoms with Gasteiger partial charge in [0.2, 0.25) is 0 Å². The Morgan fingerprint density at radius 2 is 0.467 bits per heavy atom. The van der Waals surface area contributed by atoms with Gasteiger partial charge in [-0.05, 0) is 126 Å². The lowest BCUT2D eigenvalue weighted by atomic mass is 9.94. The largest absolute Gasteiger partial charge is 0.309 e. The third-order valence-corrected chi connectivity index (χ3v) is 12.9. The van der Waals surface area contributed by atoms with Crippen molar-refractivity contribution in [2.75, 3.05) is 9.80 Å². The quantitative estimate of drug-likeness (QED) is 0.128. The molecule has 0 bridgehead atoms. The van der Waals surface area contributed by atoms with E-state index in [-0.39, 0.29) is 0 Å². The Hall–Kier alpha value is -7.94. The van der Waals surface area contributed by atoms with Crippen LogP contribution in [0.1, 0.15) is 0 Å². The molecule has 0 unspecified atom stereocenters. The van der Waals surface area contributed by atoms with Crippen molar-refractivity contribution >= 4 is 77.2 Å². The summed E-state index contributed by atoms with van der Waals surface area (Å²) in [5, 5.41) is 9.98. The van der Waals surface area contributed by atoms with Gasteiger partial charge < -0.3 is 9.80 Å². The summed E-state index contributed by atoms with van der Waals surface area (Å²) in [7, 11) is 0. The molecule has 11 aromatic carbocycles. The average Bonchev–Trinajstić information content (AvgIpc) is 3.52. The van der Waals surface area contributed by atoms with Gasteiger partial charge in [-0.3, -0.25) is 0 Å². The van der Waals surface area contributed by atoms with Crippen LogP contribution in [0, 0.1) is 0 Å². The number of nitrogens with zero attached hydrogens (tertiary/aromatic N) is 2. The average molecular weight is 761 g/mol. The molecule has 2 heterocycles. The maximum absolute atomic E-state index is 2.44. The topological polar surface area (TPSA) is 6.48 Å². The summed E-state index contributed by atoms with van der Waals surface area (Å²) in [6, 6.07) is 80.8. The minimum atomic E-state index is 1.15. The van der Waals surface area contributed by atoms with E-state index >= 15 is 0 Å². The lowest BCUT2D eigenvalue weighted by molar-refractivity contribution is 1.30. The molecule has 0 N–H and O–H groups in total. The van der Waals surface area contributed by atoms with Crippen LogP contribution in [0.15, 0.2) is 218 Å². The summed E-state index contributed by atoms with van der Waals surface area (Å²) in [6.07, 6.45) is 0. The predicted molar refractivity (Wildman–Crippen MR) is 255 cm³/mol. The van der Waals surface area contributed by atoms with Gasteiger partial charge in [-0.25, -0.2) is 0 Å². The zero-order valence-electron chi connectivity index (χ0n) is 32.7. The standard InChI is InChI=1S/C58H36N2/c1-2-14-46-45(13-1)49-17-5-9-21-55(49)59(56-22-10-6-18-50(46)56)41-29-31-43-37(33-41)25-27-39-36-54-40(35-53(39)43)28-26-38-34-42(30-32-44(38)54)60-57-23-11-7-19-51(57)47-15-3-4-16-48(47)52-20-8-12-24-58(52)60/h1-36H. The van der Waals surface area contributed by atoms with Gasteiger partial charge in [-0.1, -0.05) is 158 Å². The summed E-state index contributed by atoms with van der Waals surface area (Å²) in [4.78, 5) is 4.88. The van der Waals surface area contributed by atoms with Crippen LogP contribution in [-0.4, -0.2) is 0 Å². The number of anilines is 6. The second-order valence-corrected chi connectivity index (χ2v) is 16.1. The Bertz CT molecular complexity index is 3210. The molecule has 0 saturated carbocycles. The minimum Gasteiger partial charge on any atom is -0.309 e. The van der Waals surface area contributed by atoms with Gasteiger partial charge in [0.25, 0.3) is 0 Å². The molecule has 2 aliphatic heterocycles. The fourth-order valence-corrected chi connectivity index (χ4v) is 10.2. The van der Waals surface area contributed by atoms with E-state index in [1.54, 1.807) is 0 Å². The van der Waals surface area contributed by atoms with Gasteiger partial charge in [0.1, 0.15) is 0 Å². The van der Waals surface area contributed by atoms with Crippen molar-refractivity contribution in [2.24, 2.45) is 0 Å². The van der Waals surface area contributed by atoms with Crippen LogP contribution in [0.2, 0.25) is 0 Å². The number of hydrogen-bond donors (Lipinski definition) is 0. The molecule has 2 nitrogen and oxygen atoms in total. The SMILES string of the molecule is c1ccc2c(c1)-c1ccccc1N(c1ccc3c(ccc4cc5c(ccc6cc(N7c8ccccc8-c8ccccc8-c8ccccc87)ccc65)cc43)c1)c1ccccc1-2. The maximum Gasteiger partial charge on any atom is 0.0540 e. The van der Waals surface area contributed by atoms with E-state index in [9.17, 15) is 0 Å². The molecule has 2 heteroatoms. The van der Waals surface area contributed by atoms with Gasteiger partial charge in [-0.2, -0.15) is 0 Å². The lowest BCUT2D eigenvalue weighted by Gasteiger charge is -2.27. The number of rotatable bonds is 2. The van der Waals surface area contributed by atoms with Gasteiger partial charge in [0.15, 0.2) is 0 Å². The van der Waals surface area contributed by atoms with Gasteiger partial charge in [0.05, 0.1) is 22.7 Å². The molecule has 0 saturated heterocycles. The molecular weight excluding hydrogens is 725 g/mol. The first kappa shape index (κ1) is 33.1. The van der Waals surface area contributed by atoms with Crippen LogP contribution in [-0.2, 0) is 0 Å². The van der Waals surface area contributed by atoms with E-state index in [0.717, 1.165) is 11.4 Å². The highest BCUT2D eigenvalue weighted by atomic mass is 15.2. The van der Waals surface area contributed by atoms with Crippen molar-refractivity contribution in [3.05, 3.63) is 218 Å². The highest BCUT2D eigenvalue weighted by Gasteiger charge is 2.27. The molecule has 0 atom stereocenters. The summed E-state index contributed by atoms with van der Waals surface area (Å²) in [6.45, 7) is 0. The van der Waals surface area contributed by atoms with E-state index in [1.807, 2.05) is 0 Å². The molecule has 0 fully saturated rings. The fourth-order valence-electron chi connectivity index (χ4n) is 10.2. The van der Waals surface area contributed by atoms with Crippen LogP contribution in [0.5, 0.6) is 0 Å². The van der Waals surface area contributed by atoms with Crippen molar-refractivity contribution < 1.29 is 0 Å². The van der Waals surface area contributed by atoms with E-state index < -0.39 is 0 Å². The van der Waals surface area contributed by atoms with E-state index in [2.05, 4.69) is 228 Å². The van der Waals surface area contributed by atoms with E-state index in [1.165, 1.54) is 110 Å². The number of fused-ring (bicyclic) bond motifs is 16. The lowest BCUT2D eigenvalue weighted by Crippen LogP contribution is -2.10. The zero-order chi connectivity index (χ0) is 39.3. The highest BCUT2D eigenvalue weighted by molar-refractivity contribution is 6.18. The second-order valence-electron chi connectivity index (χ2n) is 16.1. The number of hydrogen-bond acceptors (Lipinski definition) is 2. The molecule has 0 aliphatic carbocycles. The monoisotopic (exact) mass is 760 g/mol. The van der Waals surface area contributed by atoms with Crippen molar-refractivity contribution in [3.63, 3.8) is 0 Å². The third kappa shape index (κ3) is 4.82. The summed E-state index contributed by atoms with van der Waals surface area (Å²) in [5.74, 6) is 0. The number of para-hydroxylation sites is 4. The Morgan fingerprint density at radius 3 is 0.783 bits per heavy atom. The first-order chi connectivity index (χ1) is 29.8. The molecule has 0 spiro atoms. The Balaban J connectivity index is 0.937. The smallest absolute Gasteiger partial charge is 0.0540 e. The first-order valence-electron chi connectivity index (χ1n) is 20.8. The third-order valence-electron chi connectivity index (χ3n) is 12.9. The second kappa shape index (κ2) is 12.8.